The Morgan fingerprint density at radius 1 is 1.04 bits per heavy atom. The second kappa shape index (κ2) is 8.84. The number of carbonyl (C=O) groups excluding carboxylic acids is 2. The summed E-state index contributed by atoms with van der Waals surface area (Å²) in [6.45, 7) is 2.40. The Balaban J connectivity index is 1.61. The molecule has 1 heterocycles. The van der Waals surface area contributed by atoms with Crippen molar-refractivity contribution in [2.45, 2.75) is 19.8 Å². The van der Waals surface area contributed by atoms with Crippen LogP contribution in [0.3, 0.4) is 0 Å². The number of Topliss-reactive ketones (excluding diaryl/α,β-unsaturated/α-hetero) is 1. The molecule has 0 fully saturated rings. The minimum atomic E-state index is -0.383. The average molecular weight is 397 g/mol. The Bertz CT molecular complexity index is 663. The molecule has 0 spiro atoms. The van der Waals surface area contributed by atoms with Gasteiger partial charge in [-0.05, 0) is 43.3 Å². The van der Waals surface area contributed by atoms with E-state index in [0.29, 0.717) is 10.6 Å². The molecule has 23 heavy (non-hydrogen) atoms. The summed E-state index contributed by atoms with van der Waals surface area (Å²) in [6, 6.07) is 11.1. The third-order valence-corrected chi connectivity index (χ3v) is 4.57. The number of esters is 1. The fourth-order valence-electron chi connectivity index (χ4n) is 1.84. The third kappa shape index (κ3) is 6.15. The average Bonchev–Trinajstić information content (AvgIpc) is 2.97. The van der Waals surface area contributed by atoms with E-state index in [0.717, 1.165) is 9.35 Å². The number of rotatable bonds is 8. The Labute approximate surface area is 147 Å². The molecule has 1 aromatic carbocycles. The van der Waals surface area contributed by atoms with Crippen molar-refractivity contribution < 1.29 is 19.1 Å². The summed E-state index contributed by atoms with van der Waals surface area (Å²) in [5, 5.41) is 0. The summed E-state index contributed by atoms with van der Waals surface area (Å²) < 4.78 is 11.5. The van der Waals surface area contributed by atoms with Crippen LogP contribution in [0.2, 0.25) is 0 Å². The number of aryl methyl sites for hydroxylation is 1. The van der Waals surface area contributed by atoms with Crippen molar-refractivity contribution in [1.29, 1.82) is 0 Å². The van der Waals surface area contributed by atoms with Crippen LogP contribution in [0.15, 0.2) is 40.9 Å². The Morgan fingerprint density at radius 3 is 2.43 bits per heavy atom. The molecule has 0 aliphatic heterocycles. The largest absolute Gasteiger partial charge is 0.490 e. The van der Waals surface area contributed by atoms with E-state index < -0.39 is 0 Å². The number of hydrogen-bond donors (Lipinski definition) is 0. The number of halogens is 1. The summed E-state index contributed by atoms with van der Waals surface area (Å²) in [5.74, 6) is 0.310. The first-order valence-electron chi connectivity index (χ1n) is 7.18. The highest BCUT2D eigenvalue weighted by Crippen LogP contribution is 2.18. The van der Waals surface area contributed by atoms with Crippen LogP contribution in [0.25, 0.3) is 0 Å². The van der Waals surface area contributed by atoms with E-state index >= 15 is 0 Å². The van der Waals surface area contributed by atoms with Crippen molar-refractivity contribution in [2.75, 3.05) is 13.2 Å². The standard InChI is InChI=1S/C17H17BrO4S/c1-12-2-8-16(23-12)15(19)7-9-17(20)22-11-10-21-14-5-3-13(18)4-6-14/h2-6,8H,7,9-11H2,1H3. The lowest BCUT2D eigenvalue weighted by atomic mass is 10.2. The number of benzene rings is 1. The molecular formula is C17H17BrO4S. The topological polar surface area (TPSA) is 52.6 Å². The van der Waals surface area contributed by atoms with Crippen molar-refractivity contribution in [1.82, 2.24) is 0 Å². The molecule has 6 heteroatoms. The molecule has 122 valence electrons. The van der Waals surface area contributed by atoms with Gasteiger partial charge in [-0.1, -0.05) is 15.9 Å². The first kappa shape index (κ1) is 17.7. The number of carbonyl (C=O) groups is 2. The van der Waals surface area contributed by atoms with Gasteiger partial charge in [-0.25, -0.2) is 0 Å². The first-order chi connectivity index (χ1) is 11.0. The van der Waals surface area contributed by atoms with Gasteiger partial charge in [-0.2, -0.15) is 0 Å². The SMILES string of the molecule is Cc1ccc(C(=O)CCC(=O)OCCOc2ccc(Br)cc2)s1. The van der Waals surface area contributed by atoms with Crippen molar-refractivity contribution in [3.63, 3.8) is 0 Å². The zero-order valence-corrected chi connectivity index (χ0v) is 15.1. The molecule has 4 nitrogen and oxygen atoms in total. The predicted octanol–water partition coefficient (Wildman–Crippen LogP) is 4.40. The molecule has 0 N–H and O–H groups in total. The van der Waals surface area contributed by atoms with E-state index in [-0.39, 0.29) is 37.8 Å². The van der Waals surface area contributed by atoms with Gasteiger partial charge in [0.1, 0.15) is 19.0 Å². The third-order valence-electron chi connectivity index (χ3n) is 3.00. The Morgan fingerprint density at radius 2 is 1.78 bits per heavy atom. The van der Waals surface area contributed by atoms with Crippen LogP contribution in [-0.4, -0.2) is 25.0 Å². The minimum absolute atomic E-state index is 0.0221. The molecule has 0 atom stereocenters. The van der Waals surface area contributed by atoms with Gasteiger partial charge in [0.2, 0.25) is 0 Å². The van der Waals surface area contributed by atoms with Crippen LogP contribution in [0, 0.1) is 6.92 Å². The highest BCUT2D eigenvalue weighted by Gasteiger charge is 2.11. The number of ether oxygens (including phenoxy) is 2. The molecule has 0 amide bonds. The Kier molecular flexibility index (Phi) is 6.80. The van der Waals surface area contributed by atoms with Crippen LogP contribution < -0.4 is 4.74 Å². The Hall–Kier alpha value is -1.66. The van der Waals surface area contributed by atoms with E-state index in [1.807, 2.05) is 37.3 Å². The maximum Gasteiger partial charge on any atom is 0.306 e. The lowest BCUT2D eigenvalue weighted by Gasteiger charge is -2.07. The molecule has 0 radical (unpaired) electrons. The highest BCUT2D eigenvalue weighted by molar-refractivity contribution is 9.10. The van der Waals surface area contributed by atoms with Crippen molar-refractivity contribution in [2.24, 2.45) is 0 Å². The molecule has 0 aliphatic carbocycles. The van der Waals surface area contributed by atoms with Gasteiger partial charge in [-0.3, -0.25) is 9.59 Å². The smallest absolute Gasteiger partial charge is 0.306 e. The van der Waals surface area contributed by atoms with Gasteiger partial charge in [0.15, 0.2) is 5.78 Å². The van der Waals surface area contributed by atoms with Gasteiger partial charge in [0.25, 0.3) is 0 Å². The lowest BCUT2D eigenvalue weighted by molar-refractivity contribution is -0.144. The van der Waals surface area contributed by atoms with Crippen LogP contribution >= 0.6 is 27.3 Å². The normalized spacial score (nSPS) is 10.3. The number of ketones is 1. The quantitative estimate of drug-likeness (QED) is 0.376. The van der Waals surface area contributed by atoms with Gasteiger partial charge in [0, 0.05) is 15.8 Å². The fraction of sp³-hybridized carbons (Fsp3) is 0.294. The van der Waals surface area contributed by atoms with Gasteiger partial charge < -0.3 is 9.47 Å². The molecule has 0 saturated carbocycles. The second-order valence-corrected chi connectivity index (χ2v) is 7.06. The number of thiophene rings is 1. The van der Waals surface area contributed by atoms with E-state index in [1.165, 1.54) is 11.3 Å². The van der Waals surface area contributed by atoms with Crippen LogP contribution in [0.4, 0.5) is 0 Å². The second-order valence-electron chi connectivity index (χ2n) is 4.86. The van der Waals surface area contributed by atoms with Gasteiger partial charge in [-0.15, -0.1) is 11.3 Å². The molecule has 0 aliphatic rings. The first-order valence-corrected chi connectivity index (χ1v) is 8.79. The van der Waals surface area contributed by atoms with E-state index in [4.69, 9.17) is 9.47 Å². The maximum atomic E-state index is 11.9. The zero-order valence-electron chi connectivity index (χ0n) is 12.7. The van der Waals surface area contributed by atoms with E-state index in [2.05, 4.69) is 15.9 Å². The molecule has 0 bridgehead atoms. The molecular weight excluding hydrogens is 380 g/mol. The summed E-state index contributed by atoms with van der Waals surface area (Å²) in [7, 11) is 0. The van der Waals surface area contributed by atoms with Crippen molar-refractivity contribution >= 4 is 39.0 Å². The van der Waals surface area contributed by atoms with Crippen LogP contribution in [0.5, 0.6) is 5.75 Å². The predicted molar refractivity (Wildman–Crippen MR) is 93.2 cm³/mol. The number of hydrogen-bond acceptors (Lipinski definition) is 5. The molecule has 0 saturated heterocycles. The minimum Gasteiger partial charge on any atom is -0.490 e. The van der Waals surface area contributed by atoms with Gasteiger partial charge >= 0.3 is 5.97 Å². The zero-order chi connectivity index (χ0) is 16.7. The van der Waals surface area contributed by atoms with E-state index in [1.54, 1.807) is 6.07 Å². The molecule has 2 rings (SSSR count). The molecule has 1 aromatic heterocycles. The molecule has 2 aromatic rings. The van der Waals surface area contributed by atoms with Crippen molar-refractivity contribution in [3.05, 3.63) is 50.6 Å². The van der Waals surface area contributed by atoms with Gasteiger partial charge in [0.05, 0.1) is 11.3 Å². The summed E-state index contributed by atoms with van der Waals surface area (Å²) >= 11 is 4.78. The van der Waals surface area contributed by atoms with Crippen LogP contribution in [0.1, 0.15) is 27.4 Å². The molecule has 0 unspecified atom stereocenters. The highest BCUT2D eigenvalue weighted by atomic mass is 79.9. The van der Waals surface area contributed by atoms with Crippen LogP contribution in [-0.2, 0) is 9.53 Å². The summed E-state index contributed by atoms with van der Waals surface area (Å²) in [6.07, 6.45) is 0.264. The summed E-state index contributed by atoms with van der Waals surface area (Å²) in [4.78, 5) is 25.3. The summed E-state index contributed by atoms with van der Waals surface area (Å²) in [5.41, 5.74) is 0. The van der Waals surface area contributed by atoms with E-state index in [9.17, 15) is 9.59 Å². The monoisotopic (exact) mass is 396 g/mol. The van der Waals surface area contributed by atoms with Crippen molar-refractivity contribution in [3.8, 4) is 5.75 Å². The lowest BCUT2D eigenvalue weighted by Crippen LogP contribution is -2.13. The fourth-order valence-corrected chi connectivity index (χ4v) is 2.94. The maximum absolute atomic E-state index is 11.9.